The predicted octanol–water partition coefficient (Wildman–Crippen LogP) is 1.70. The summed E-state index contributed by atoms with van der Waals surface area (Å²) in [5.74, 6) is 0.207. The van der Waals surface area contributed by atoms with Crippen molar-refractivity contribution in [3.8, 4) is 0 Å². The molecule has 82 valence electrons. The molecule has 0 aromatic rings. The van der Waals surface area contributed by atoms with Crippen LogP contribution < -0.4 is 5.32 Å². The van der Waals surface area contributed by atoms with Crippen molar-refractivity contribution >= 4 is 21.8 Å². The second-order valence-corrected chi connectivity index (χ2v) is 5.50. The molecule has 3 nitrogen and oxygen atoms in total. The van der Waals surface area contributed by atoms with E-state index in [1.165, 1.54) is 0 Å². The molecule has 1 saturated heterocycles. The van der Waals surface area contributed by atoms with E-state index in [2.05, 4.69) is 28.2 Å². The Balaban J connectivity index is 2.15. The molecule has 0 bridgehead atoms. The number of carbonyl (C=O) groups is 1. The fourth-order valence-electron chi connectivity index (χ4n) is 1.54. The van der Waals surface area contributed by atoms with Crippen molar-refractivity contribution in [3.05, 3.63) is 0 Å². The van der Waals surface area contributed by atoms with E-state index in [0.29, 0.717) is 11.4 Å². The van der Waals surface area contributed by atoms with Crippen molar-refractivity contribution < 1.29 is 9.53 Å². The molecular weight excluding hydrogens is 246 g/mol. The monoisotopic (exact) mass is 263 g/mol. The van der Waals surface area contributed by atoms with E-state index in [1.54, 1.807) is 0 Å². The zero-order chi connectivity index (χ0) is 10.6. The Morgan fingerprint density at radius 1 is 1.71 bits per heavy atom. The first-order chi connectivity index (χ1) is 6.59. The minimum Gasteiger partial charge on any atom is -0.378 e. The van der Waals surface area contributed by atoms with E-state index < -0.39 is 0 Å². The van der Waals surface area contributed by atoms with Gasteiger partial charge in [-0.05, 0) is 19.8 Å². The number of rotatable bonds is 4. The van der Waals surface area contributed by atoms with Crippen LogP contribution in [-0.2, 0) is 9.53 Å². The molecule has 1 heterocycles. The lowest BCUT2D eigenvalue weighted by Crippen LogP contribution is -2.32. The van der Waals surface area contributed by atoms with E-state index in [9.17, 15) is 4.79 Å². The van der Waals surface area contributed by atoms with Crippen LogP contribution in [0.25, 0.3) is 0 Å². The highest BCUT2D eigenvalue weighted by molar-refractivity contribution is 9.09. The molecular formula is C10H18BrNO2. The van der Waals surface area contributed by atoms with Crippen LogP contribution in [0.15, 0.2) is 0 Å². The number of hydrogen-bond donors (Lipinski definition) is 1. The highest BCUT2D eigenvalue weighted by atomic mass is 79.9. The maximum absolute atomic E-state index is 11.6. The maximum Gasteiger partial charge on any atom is 0.225 e. The van der Waals surface area contributed by atoms with E-state index >= 15 is 0 Å². The smallest absolute Gasteiger partial charge is 0.225 e. The molecule has 0 aliphatic carbocycles. The molecule has 0 radical (unpaired) electrons. The largest absolute Gasteiger partial charge is 0.378 e. The molecule has 1 aliphatic rings. The summed E-state index contributed by atoms with van der Waals surface area (Å²) in [6, 6.07) is 0. The molecule has 14 heavy (non-hydrogen) atoms. The van der Waals surface area contributed by atoms with Gasteiger partial charge < -0.3 is 10.1 Å². The molecule has 4 heteroatoms. The second-order valence-electron chi connectivity index (χ2n) is 3.94. The highest BCUT2D eigenvalue weighted by Gasteiger charge is 2.27. The van der Waals surface area contributed by atoms with Crippen molar-refractivity contribution in [2.24, 2.45) is 5.92 Å². The van der Waals surface area contributed by atoms with Crippen LogP contribution in [0.3, 0.4) is 0 Å². The number of carbonyl (C=O) groups excluding carboxylic acids is 1. The molecule has 0 aromatic heterocycles. The molecule has 1 rings (SSSR count). The number of nitrogens with one attached hydrogen (secondary N) is 1. The summed E-state index contributed by atoms with van der Waals surface area (Å²) in [4.78, 5) is 12.0. The summed E-state index contributed by atoms with van der Waals surface area (Å²) in [5.41, 5.74) is 0. The van der Waals surface area contributed by atoms with Crippen LogP contribution in [0.4, 0.5) is 0 Å². The van der Waals surface area contributed by atoms with Gasteiger partial charge >= 0.3 is 0 Å². The van der Waals surface area contributed by atoms with Crippen LogP contribution in [0, 0.1) is 5.92 Å². The first-order valence-corrected chi connectivity index (χ1v) is 6.04. The SMILES string of the molecule is CC(Br)CCNC(=O)C1COC(C)C1. The summed E-state index contributed by atoms with van der Waals surface area (Å²) >= 11 is 3.44. The van der Waals surface area contributed by atoms with Crippen LogP contribution in [0.5, 0.6) is 0 Å². The predicted molar refractivity (Wildman–Crippen MR) is 59.5 cm³/mol. The Morgan fingerprint density at radius 3 is 2.93 bits per heavy atom. The van der Waals surface area contributed by atoms with Crippen molar-refractivity contribution in [1.29, 1.82) is 0 Å². The molecule has 1 aliphatic heterocycles. The topological polar surface area (TPSA) is 38.3 Å². The summed E-state index contributed by atoms with van der Waals surface area (Å²) in [6.07, 6.45) is 2.06. The first-order valence-electron chi connectivity index (χ1n) is 5.13. The summed E-state index contributed by atoms with van der Waals surface area (Å²) in [7, 11) is 0. The number of amides is 1. The van der Waals surface area contributed by atoms with E-state index in [-0.39, 0.29) is 17.9 Å². The molecule has 0 aromatic carbocycles. The van der Waals surface area contributed by atoms with Gasteiger partial charge in [-0.3, -0.25) is 4.79 Å². The first kappa shape index (κ1) is 12.0. The number of alkyl halides is 1. The van der Waals surface area contributed by atoms with Gasteiger partial charge in [0.05, 0.1) is 18.6 Å². The third kappa shape index (κ3) is 3.96. The van der Waals surface area contributed by atoms with E-state index in [0.717, 1.165) is 19.4 Å². The Hall–Kier alpha value is -0.0900. The van der Waals surface area contributed by atoms with Crippen molar-refractivity contribution in [2.75, 3.05) is 13.2 Å². The summed E-state index contributed by atoms with van der Waals surface area (Å²) in [6.45, 7) is 5.41. The van der Waals surface area contributed by atoms with Crippen molar-refractivity contribution in [2.45, 2.75) is 37.6 Å². The van der Waals surface area contributed by atoms with Gasteiger partial charge in [-0.15, -0.1) is 0 Å². The van der Waals surface area contributed by atoms with Crippen molar-refractivity contribution in [1.82, 2.24) is 5.32 Å². The third-order valence-corrected chi connectivity index (χ3v) is 2.87. The lowest BCUT2D eigenvalue weighted by atomic mass is 10.1. The quantitative estimate of drug-likeness (QED) is 0.785. The van der Waals surface area contributed by atoms with Gasteiger partial charge in [0.2, 0.25) is 5.91 Å². The normalized spacial score (nSPS) is 28.8. The third-order valence-electron chi connectivity index (χ3n) is 2.41. The Morgan fingerprint density at radius 2 is 2.43 bits per heavy atom. The zero-order valence-electron chi connectivity index (χ0n) is 8.75. The maximum atomic E-state index is 11.6. The molecule has 1 amide bonds. The molecule has 1 fully saturated rings. The molecule has 0 spiro atoms. The van der Waals surface area contributed by atoms with Crippen molar-refractivity contribution in [3.63, 3.8) is 0 Å². The number of hydrogen-bond acceptors (Lipinski definition) is 2. The average molecular weight is 264 g/mol. The minimum absolute atomic E-state index is 0.0654. The van der Waals surface area contributed by atoms with Gasteiger partial charge in [0.1, 0.15) is 0 Å². The standard InChI is InChI=1S/C10H18BrNO2/c1-7(11)3-4-12-10(13)9-5-8(2)14-6-9/h7-9H,3-6H2,1-2H3,(H,12,13). The molecule has 1 N–H and O–H groups in total. The lowest BCUT2D eigenvalue weighted by molar-refractivity contribution is -0.124. The molecule has 0 saturated carbocycles. The fourth-order valence-corrected chi connectivity index (χ4v) is 1.77. The average Bonchev–Trinajstić information content (AvgIpc) is 2.51. The van der Waals surface area contributed by atoms with Gasteiger partial charge in [-0.2, -0.15) is 0 Å². The second kappa shape index (κ2) is 5.71. The van der Waals surface area contributed by atoms with Gasteiger partial charge in [-0.25, -0.2) is 0 Å². The summed E-state index contributed by atoms with van der Waals surface area (Å²) in [5, 5.41) is 2.93. The van der Waals surface area contributed by atoms with E-state index in [4.69, 9.17) is 4.74 Å². The van der Waals surface area contributed by atoms with E-state index in [1.807, 2.05) is 6.92 Å². The lowest BCUT2D eigenvalue weighted by Gasteiger charge is -2.09. The Bertz CT molecular complexity index is 197. The number of halogens is 1. The highest BCUT2D eigenvalue weighted by Crippen LogP contribution is 2.18. The van der Waals surface area contributed by atoms with Gasteiger partial charge in [0, 0.05) is 11.4 Å². The molecule has 3 unspecified atom stereocenters. The number of ether oxygens (including phenoxy) is 1. The minimum atomic E-state index is 0.0654. The van der Waals surface area contributed by atoms with Crippen LogP contribution in [0.1, 0.15) is 26.7 Å². The van der Waals surface area contributed by atoms with Gasteiger partial charge in [-0.1, -0.05) is 22.9 Å². The fraction of sp³-hybridized carbons (Fsp3) is 0.900. The Labute approximate surface area is 93.7 Å². The van der Waals surface area contributed by atoms with Crippen LogP contribution >= 0.6 is 15.9 Å². The zero-order valence-corrected chi connectivity index (χ0v) is 10.3. The van der Waals surface area contributed by atoms with Gasteiger partial charge in [0.15, 0.2) is 0 Å². The molecule has 3 atom stereocenters. The van der Waals surface area contributed by atoms with Crippen LogP contribution in [-0.4, -0.2) is 30.0 Å². The Kier molecular flexibility index (Phi) is 4.89. The van der Waals surface area contributed by atoms with Crippen LogP contribution in [0.2, 0.25) is 0 Å². The summed E-state index contributed by atoms with van der Waals surface area (Å²) < 4.78 is 5.34. The van der Waals surface area contributed by atoms with Gasteiger partial charge in [0.25, 0.3) is 0 Å².